The first-order valence-corrected chi connectivity index (χ1v) is 4.15. The molecule has 10 nitrogen and oxygen atoms in total. The predicted octanol–water partition coefficient (Wildman–Crippen LogP) is -8.42. The van der Waals surface area contributed by atoms with E-state index in [4.69, 9.17) is 0 Å². The summed E-state index contributed by atoms with van der Waals surface area (Å²) in [6, 6.07) is 0. The minimum absolute atomic E-state index is 2.54. The Balaban J connectivity index is 5.73. The Morgan fingerprint density at radius 3 is 0.833 bits per heavy atom. The summed E-state index contributed by atoms with van der Waals surface area (Å²) in [4.78, 5) is 52.1. The van der Waals surface area contributed by atoms with Crippen LogP contribution >= 0.6 is 0 Å². The molecule has 0 aliphatic carbocycles. The number of hydrogen-bond acceptors (Lipinski definition) is 10. The van der Waals surface area contributed by atoms with E-state index in [1.807, 2.05) is 0 Å². The van der Waals surface area contributed by atoms with Gasteiger partial charge in [-0.25, -0.2) is 0 Å². The molecule has 0 aromatic rings. The van der Waals surface area contributed by atoms with Crippen LogP contribution in [0.15, 0.2) is 0 Å². The van der Waals surface area contributed by atoms with Crippen LogP contribution in [0, 0.1) is 17.8 Å². The standard InChI is InChI=1S/C8H8O10/c9-4(10)1(2(5(11)12)6(13)14)3(7(15)16)8(17)18/h1-3H,(H,9,10)(H,11,12)(H,13,14)(H,15,16)(H,17,18)/p-5. The lowest BCUT2D eigenvalue weighted by atomic mass is 9.81. The molecule has 0 aromatic carbocycles. The summed E-state index contributed by atoms with van der Waals surface area (Å²) >= 11 is 0. The molecule has 18 heavy (non-hydrogen) atoms. The van der Waals surface area contributed by atoms with E-state index < -0.39 is 47.6 Å². The molecular formula is C8H3O10-5. The van der Waals surface area contributed by atoms with Crippen molar-refractivity contribution in [2.24, 2.45) is 17.8 Å². The van der Waals surface area contributed by atoms with Gasteiger partial charge in [0, 0.05) is 23.7 Å². The molecule has 0 saturated carbocycles. The summed E-state index contributed by atoms with van der Waals surface area (Å²) in [7, 11) is 0. The van der Waals surface area contributed by atoms with Gasteiger partial charge in [0.15, 0.2) is 0 Å². The number of carboxylic acids is 5. The van der Waals surface area contributed by atoms with Gasteiger partial charge in [0.25, 0.3) is 0 Å². The van der Waals surface area contributed by atoms with Crippen molar-refractivity contribution in [2.75, 3.05) is 0 Å². The van der Waals surface area contributed by atoms with Crippen LogP contribution in [0.1, 0.15) is 0 Å². The van der Waals surface area contributed by atoms with E-state index >= 15 is 0 Å². The largest absolute Gasteiger partial charge is 0.550 e. The van der Waals surface area contributed by atoms with Crippen LogP contribution in [0.2, 0.25) is 0 Å². The molecule has 0 rings (SSSR count). The number of carbonyl (C=O) groups excluding carboxylic acids is 5. The van der Waals surface area contributed by atoms with E-state index in [-0.39, 0.29) is 0 Å². The zero-order chi connectivity index (χ0) is 14.6. The molecule has 0 radical (unpaired) electrons. The van der Waals surface area contributed by atoms with Crippen molar-refractivity contribution in [3.05, 3.63) is 0 Å². The lowest BCUT2D eigenvalue weighted by molar-refractivity contribution is -0.354. The summed E-state index contributed by atoms with van der Waals surface area (Å²) < 4.78 is 0. The van der Waals surface area contributed by atoms with Crippen LogP contribution in [0.3, 0.4) is 0 Å². The van der Waals surface area contributed by atoms with Crippen LogP contribution in [-0.2, 0) is 24.0 Å². The van der Waals surface area contributed by atoms with Crippen LogP contribution in [-0.4, -0.2) is 29.8 Å². The molecule has 0 heterocycles. The summed E-state index contributed by atoms with van der Waals surface area (Å²) in [6.07, 6.45) is 0. The van der Waals surface area contributed by atoms with Crippen molar-refractivity contribution in [3.63, 3.8) is 0 Å². The van der Waals surface area contributed by atoms with Crippen molar-refractivity contribution in [1.29, 1.82) is 0 Å². The number of aliphatic carboxylic acids is 5. The molecular weight excluding hydrogens is 256 g/mol. The van der Waals surface area contributed by atoms with Gasteiger partial charge in [-0.05, 0) is 0 Å². The maximum atomic E-state index is 10.5. The lowest BCUT2D eigenvalue weighted by Gasteiger charge is -2.36. The van der Waals surface area contributed by atoms with Gasteiger partial charge < -0.3 is 49.5 Å². The molecule has 0 fully saturated rings. The van der Waals surface area contributed by atoms with Crippen LogP contribution in [0.4, 0.5) is 0 Å². The molecule has 0 amide bonds. The molecule has 0 atom stereocenters. The van der Waals surface area contributed by atoms with E-state index in [9.17, 15) is 49.5 Å². The van der Waals surface area contributed by atoms with E-state index in [1.165, 1.54) is 0 Å². The maximum absolute atomic E-state index is 10.5. The minimum atomic E-state index is -3.05. The molecule has 100 valence electrons. The molecule has 10 heteroatoms. The Kier molecular flexibility index (Phi) is 4.78. The molecule has 0 spiro atoms. The van der Waals surface area contributed by atoms with Crippen LogP contribution < -0.4 is 25.5 Å². The highest BCUT2D eigenvalue weighted by molar-refractivity contribution is 6.01. The Bertz CT molecular complexity index is 350. The smallest absolute Gasteiger partial charge is 0.0508 e. The Labute approximate surface area is 98.1 Å². The number of carboxylic acid groups (broad SMARTS) is 5. The van der Waals surface area contributed by atoms with Gasteiger partial charge in [-0.2, -0.15) is 0 Å². The van der Waals surface area contributed by atoms with Crippen molar-refractivity contribution in [2.45, 2.75) is 0 Å². The third-order valence-corrected chi connectivity index (χ3v) is 2.01. The van der Waals surface area contributed by atoms with Crippen molar-refractivity contribution in [3.8, 4) is 0 Å². The second-order valence-electron chi connectivity index (χ2n) is 3.08. The van der Waals surface area contributed by atoms with Crippen molar-refractivity contribution < 1.29 is 49.5 Å². The molecule has 0 aliphatic heterocycles. The fraction of sp³-hybridized carbons (Fsp3) is 0.375. The first-order chi connectivity index (χ1) is 8.11. The maximum Gasteiger partial charge on any atom is 0.0508 e. The summed E-state index contributed by atoms with van der Waals surface area (Å²) in [5, 5.41) is 52.1. The SMILES string of the molecule is O=C([O-])C(C(=O)[O-])C(C(=O)[O-])C(C(=O)[O-])C(=O)[O-]. The molecule has 0 aliphatic rings. The second kappa shape index (κ2) is 5.61. The Morgan fingerprint density at radius 2 is 0.722 bits per heavy atom. The number of hydrogen-bond donors (Lipinski definition) is 0. The summed E-state index contributed by atoms with van der Waals surface area (Å²) in [5.74, 6) is -21.8. The van der Waals surface area contributed by atoms with Gasteiger partial charge in [-0.3, -0.25) is 0 Å². The highest BCUT2D eigenvalue weighted by Crippen LogP contribution is 2.20. The van der Waals surface area contributed by atoms with Gasteiger partial charge >= 0.3 is 0 Å². The summed E-state index contributed by atoms with van der Waals surface area (Å²) in [6.45, 7) is 0. The van der Waals surface area contributed by atoms with Gasteiger partial charge in [0.2, 0.25) is 0 Å². The number of rotatable bonds is 7. The third kappa shape index (κ3) is 3.17. The quantitative estimate of drug-likeness (QED) is 0.395. The monoisotopic (exact) mass is 259 g/mol. The van der Waals surface area contributed by atoms with Gasteiger partial charge in [-0.1, -0.05) is 0 Å². The summed E-state index contributed by atoms with van der Waals surface area (Å²) in [5.41, 5.74) is 0. The molecule has 0 aromatic heterocycles. The van der Waals surface area contributed by atoms with Gasteiger partial charge in [0.05, 0.1) is 23.9 Å². The van der Waals surface area contributed by atoms with E-state index in [2.05, 4.69) is 0 Å². The Morgan fingerprint density at radius 1 is 0.500 bits per heavy atom. The zero-order valence-corrected chi connectivity index (χ0v) is 8.31. The molecule has 0 bridgehead atoms. The topological polar surface area (TPSA) is 201 Å². The van der Waals surface area contributed by atoms with E-state index in [0.29, 0.717) is 0 Å². The minimum Gasteiger partial charge on any atom is -0.550 e. The van der Waals surface area contributed by atoms with Gasteiger partial charge in [-0.15, -0.1) is 0 Å². The highest BCUT2D eigenvalue weighted by Gasteiger charge is 2.34. The fourth-order valence-corrected chi connectivity index (χ4v) is 1.24. The molecule has 0 unspecified atom stereocenters. The number of carbonyl (C=O) groups is 5. The van der Waals surface area contributed by atoms with E-state index in [0.717, 1.165) is 0 Å². The van der Waals surface area contributed by atoms with Crippen LogP contribution in [0.5, 0.6) is 0 Å². The Hall–Kier alpha value is -2.65. The van der Waals surface area contributed by atoms with Gasteiger partial charge in [0.1, 0.15) is 0 Å². The normalized spacial score (nSPS) is 10.6. The molecule has 0 saturated heterocycles. The predicted molar refractivity (Wildman–Crippen MR) is 35.5 cm³/mol. The van der Waals surface area contributed by atoms with Crippen molar-refractivity contribution in [1.82, 2.24) is 0 Å². The average Bonchev–Trinajstić information content (AvgIpc) is 2.13. The second-order valence-corrected chi connectivity index (χ2v) is 3.08. The fourth-order valence-electron chi connectivity index (χ4n) is 1.24. The zero-order valence-electron chi connectivity index (χ0n) is 8.31. The molecule has 0 N–H and O–H groups in total. The first-order valence-electron chi connectivity index (χ1n) is 4.15. The van der Waals surface area contributed by atoms with Crippen LogP contribution in [0.25, 0.3) is 0 Å². The van der Waals surface area contributed by atoms with Crippen molar-refractivity contribution >= 4 is 29.8 Å². The highest BCUT2D eigenvalue weighted by atomic mass is 16.4. The van der Waals surface area contributed by atoms with E-state index in [1.54, 1.807) is 0 Å². The first kappa shape index (κ1) is 15.3. The average molecular weight is 259 g/mol. The lowest BCUT2D eigenvalue weighted by Crippen LogP contribution is -2.59. The third-order valence-electron chi connectivity index (χ3n) is 2.01.